The highest BCUT2D eigenvalue weighted by atomic mass is 32.2. The molecule has 0 aliphatic carbocycles. The summed E-state index contributed by atoms with van der Waals surface area (Å²) < 4.78 is 33.1. The van der Waals surface area contributed by atoms with Gasteiger partial charge in [0.05, 0.1) is 16.1 Å². The van der Waals surface area contributed by atoms with E-state index < -0.39 is 16.1 Å². The van der Waals surface area contributed by atoms with Crippen molar-refractivity contribution in [3.8, 4) is 10.8 Å². The van der Waals surface area contributed by atoms with E-state index in [1.807, 2.05) is 6.92 Å². The van der Waals surface area contributed by atoms with Crippen molar-refractivity contribution >= 4 is 21.4 Å². The number of aryl methyl sites for hydroxylation is 1. The van der Waals surface area contributed by atoms with Gasteiger partial charge in [0.1, 0.15) is 10.9 Å². The minimum atomic E-state index is -3.59. The summed E-state index contributed by atoms with van der Waals surface area (Å²) in [6.07, 6.45) is 1.42. The van der Waals surface area contributed by atoms with Gasteiger partial charge in [0.15, 0.2) is 0 Å². The second-order valence-corrected chi connectivity index (χ2v) is 8.54. The van der Waals surface area contributed by atoms with Crippen LogP contribution in [0, 0.1) is 6.92 Å². The summed E-state index contributed by atoms with van der Waals surface area (Å²) in [5.74, 6) is 0.721. The first-order valence-corrected chi connectivity index (χ1v) is 10.2. The highest BCUT2D eigenvalue weighted by Gasteiger charge is 2.39. The molecule has 1 aromatic carbocycles. The fourth-order valence-corrected chi connectivity index (χ4v) is 5.37. The van der Waals surface area contributed by atoms with Gasteiger partial charge in [-0.2, -0.15) is 4.31 Å². The summed E-state index contributed by atoms with van der Waals surface area (Å²) in [7, 11) is -3.59. The Morgan fingerprint density at radius 2 is 2.04 bits per heavy atom. The maximum absolute atomic E-state index is 12.9. The Bertz CT molecular complexity index is 982. The van der Waals surface area contributed by atoms with Crippen LogP contribution in [0.25, 0.3) is 10.8 Å². The highest BCUT2D eigenvalue weighted by Crippen LogP contribution is 2.37. The van der Waals surface area contributed by atoms with Crippen LogP contribution in [-0.2, 0) is 10.0 Å². The Balaban J connectivity index is 1.67. The predicted molar refractivity (Wildman–Crippen MR) is 92.5 cm³/mol. The topological polar surface area (TPSA) is 89.2 Å². The molecule has 0 bridgehead atoms. The molecule has 1 aliphatic rings. The van der Waals surface area contributed by atoms with Crippen molar-refractivity contribution in [2.24, 2.45) is 0 Å². The van der Waals surface area contributed by atoms with Crippen LogP contribution < -0.4 is 0 Å². The molecule has 0 N–H and O–H groups in total. The quantitative estimate of drug-likeness (QED) is 0.695. The first kappa shape index (κ1) is 16.4. The zero-order valence-electron chi connectivity index (χ0n) is 13.5. The van der Waals surface area contributed by atoms with Crippen LogP contribution in [0.1, 0.15) is 30.5 Å². The van der Waals surface area contributed by atoms with Crippen molar-refractivity contribution in [2.75, 3.05) is 6.54 Å². The van der Waals surface area contributed by atoms with Gasteiger partial charge in [-0.1, -0.05) is 18.2 Å². The van der Waals surface area contributed by atoms with Gasteiger partial charge in [0, 0.05) is 6.54 Å². The molecule has 1 saturated heterocycles. The maximum Gasteiger partial charge on any atom is 0.259 e. The van der Waals surface area contributed by atoms with E-state index >= 15 is 0 Å². The Kier molecular flexibility index (Phi) is 4.14. The monoisotopic (exact) mass is 376 g/mol. The van der Waals surface area contributed by atoms with Gasteiger partial charge >= 0.3 is 0 Å². The van der Waals surface area contributed by atoms with Crippen molar-refractivity contribution < 1.29 is 12.8 Å². The summed E-state index contributed by atoms with van der Waals surface area (Å²) >= 11 is 1.42. The molecule has 0 saturated carbocycles. The normalized spacial score (nSPS) is 18.7. The van der Waals surface area contributed by atoms with Gasteiger partial charge < -0.3 is 4.42 Å². The van der Waals surface area contributed by atoms with Gasteiger partial charge in [-0.15, -0.1) is 21.5 Å². The number of sulfonamides is 1. The lowest BCUT2D eigenvalue weighted by molar-refractivity contribution is 0.332. The number of nitrogens with zero attached hydrogens (tertiary/aromatic N) is 4. The van der Waals surface area contributed by atoms with Gasteiger partial charge in [-0.3, -0.25) is 0 Å². The second kappa shape index (κ2) is 6.32. The molecule has 2 aromatic heterocycles. The average molecular weight is 376 g/mol. The average Bonchev–Trinajstić information content (AvgIpc) is 3.35. The smallest absolute Gasteiger partial charge is 0.259 e. The molecule has 0 amide bonds. The van der Waals surface area contributed by atoms with Crippen LogP contribution in [0.4, 0.5) is 0 Å². The molecule has 0 radical (unpaired) electrons. The summed E-state index contributed by atoms with van der Waals surface area (Å²) in [6, 6.07) is 8.00. The number of aromatic nitrogens is 3. The third-order valence-electron chi connectivity index (χ3n) is 4.22. The SMILES string of the molecule is Cc1ncsc1-c1nnc([C@H]2CCCN2S(=O)(=O)c2ccccc2)o1. The molecule has 3 heterocycles. The molecule has 1 aliphatic heterocycles. The van der Waals surface area contributed by atoms with Crippen LogP contribution >= 0.6 is 11.3 Å². The predicted octanol–water partition coefficient (Wildman–Crippen LogP) is 3.03. The summed E-state index contributed by atoms with van der Waals surface area (Å²) in [5.41, 5.74) is 2.54. The molecule has 1 fully saturated rings. The fraction of sp³-hybridized carbons (Fsp3) is 0.312. The standard InChI is InChI=1S/C16H16N4O3S2/c1-11-14(24-10-17-11)16-19-18-15(23-16)13-8-5-9-20(13)25(21,22)12-6-3-2-4-7-12/h2-4,6-7,10,13H,5,8-9H2,1H3/t13-/m1/s1. The van der Waals surface area contributed by atoms with E-state index in [-0.39, 0.29) is 4.90 Å². The maximum atomic E-state index is 12.9. The molecular formula is C16H16N4O3S2. The summed E-state index contributed by atoms with van der Waals surface area (Å²) in [6.45, 7) is 2.32. The number of hydrogen-bond acceptors (Lipinski definition) is 7. The van der Waals surface area contributed by atoms with E-state index in [2.05, 4.69) is 15.2 Å². The first-order chi connectivity index (χ1) is 12.1. The van der Waals surface area contributed by atoms with Gasteiger partial charge in [-0.05, 0) is 31.9 Å². The van der Waals surface area contributed by atoms with Crippen molar-refractivity contribution in [3.63, 3.8) is 0 Å². The lowest BCUT2D eigenvalue weighted by Gasteiger charge is -2.21. The highest BCUT2D eigenvalue weighted by molar-refractivity contribution is 7.89. The molecule has 25 heavy (non-hydrogen) atoms. The van der Waals surface area contributed by atoms with Gasteiger partial charge in [0.2, 0.25) is 15.9 Å². The van der Waals surface area contributed by atoms with Crippen LogP contribution in [0.15, 0.2) is 45.2 Å². The Labute approximate surface area is 149 Å². The van der Waals surface area contributed by atoms with E-state index in [0.717, 1.165) is 17.0 Å². The Morgan fingerprint density at radius 1 is 1.24 bits per heavy atom. The minimum Gasteiger partial charge on any atom is -0.418 e. The summed E-state index contributed by atoms with van der Waals surface area (Å²) in [4.78, 5) is 5.27. The van der Waals surface area contributed by atoms with Crippen molar-refractivity contribution in [2.45, 2.75) is 30.7 Å². The van der Waals surface area contributed by atoms with Crippen LogP contribution in [-0.4, -0.2) is 34.4 Å². The molecule has 0 unspecified atom stereocenters. The molecule has 7 nitrogen and oxygen atoms in total. The van der Waals surface area contributed by atoms with Gasteiger partial charge in [-0.25, -0.2) is 13.4 Å². The Hall–Kier alpha value is -2.10. The fourth-order valence-electron chi connectivity index (χ4n) is 2.97. The third kappa shape index (κ3) is 2.88. The second-order valence-electron chi connectivity index (χ2n) is 5.80. The minimum absolute atomic E-state index is 0.278. The van der Waals surface area contributed by atoms with Crippen molar-refractivity contribution in [1.82, 2.24) is 19.5 Å². The lowest BCUT2D eigenvalue weighted by atomic mass is 10.2. The number of rotatable bonds is 4. The van der Waals surface area contributed by atoms with E-state index in [1.54, 1.807) is 35.8 Å². The van der Waals surface area contributed by atoms with Crippen molar-refractivity contribution in [1.29, 1.82) is 0 Å². The summed E-state index contributed by atoms with van der Waals surface area (Å²) in [5, 5.41) is 8.19. The molecule has 3 aromatic rings. The van der Waals surface area contributed by atoms with E-state index in [4.69, 9.17) is 4.42 Å². The van der Waals surface area contributed by atoms with Crippen LogP contribution in [0.3, 0.4) is 0 Å². The molecule has 4 rings (SSSR count). The van der Waals surface area contributed by atoms with Crippen LogP contribution in [0.5, 0.6) is 0 Å². The molecular weight excluding hydrogens is 360 g/mol. The van der Waals surface area contributed by atoms with Gasteiger partial charge in [0.25, 0.3) is 5.89 Å². The molecule has 1 atom stereocenters. The zero-order valence-corrected chi connectivity index (χ0v) is 15.1. The van der Waals surface area contributed by atoms with E-state index in [0.29, 0.717) is 24.7 Å². The lowest BCUT2D eigenvalue weighted by Crippen LogP contribution is -2.30. The van der Waals surface area contributed by atoms with Crippen LogP contribution in [0.2, 0.25) is 0 Å². The molecule has 0 spiro atoms. The number of thiazole rings is 1. The Morgan fingerprint density at radius 3 is 2.76 bits per heavy atom. The van der Waals surface area contributed by atoms with Crippen molar-refractivity contribution in [3.05, 3.63) is 47.4 Å². The molecule has 130 valence electrons. The first-order valence-electron chi connectivity index (χ1n) is 7.88. The third-order valence-corrected chi connectivity index (χ3v) is 7.06. The number of benzene rings is 1. The van der Waals surface area contributed by atoms with E-state index in [1.165, 1.54) is 15.6 Å². The van der Waals surface area contributed by atoms with E-state index in [9.17, 15) is 8.42 Å². The zero-order chi connectivity index (χ0) is 17.4. The number of hydrogen-bond donors (Lipinski definition) is 0. The molecule has 9 heteroatoms. The largest absolute Gasteiger partial charge is 0.418 e.